The number of thioether (sulfide) groups is 1. The van der Waals surface area contributed by atoms with Crippen LogP contribution in [0.15, 0.2) is 70.7 Å². The van der Waals surface area contributed by atoms with Gasteiger partial charge >= 0.3 is 0 Å². The highest BCUT2D eigenvalue weighted by Gasteiger charge is 2.26. The smallest absolute Gasteiger partial charge is 0.243 e. The van der Waals surface area contributed by atoms with E-state index in [1.165, 1.54) is 16.1 Å². The second-order valence-corrected chi connectivity index (χ2v) is 14.1. The van der Waals surface area contributed by atoms with Crippen LogP contribution in [0.3, 0.4) is 0 Å². The predicted octanol–water partition coefficient (Wildman–Crippen LogP) is 8.81. The van der Waals surface area contributed by atoms with Gasteiger partial charge in [-0.25, -0.2) is 8.42 Å². The quantitative estimate of drug-likeness (QED) is 0.155. The lowest BCUT2D eigenvalue weighted by molar-refractivity contribution is 0.445. The Labute approximate surface area is 258 Å². The van der Waals surface area contributed by atoms with Gasteiger partial charge in [-0.2, -0.15) is 4.31 Å². The lowest BCUT2D eigenvalue weighted by Crippen LogP contribution is -2.30. The van der Waals surface area contributed by atoms with Gasteiger partial charge in [0.05, 0.1) is 10.6 Å². The van der Waals surface area contributed by atoms with Crippen molar-refractivity contribution in [3.05, 3.63) is 87.4 Å². The van der Waals surface area contributed by atoms with Crippen molar-refractivity contribution < 1.29 is 8.42 Å². The van der Waals surface area contributed by atoms with Crippen molar-refractivity contribution in [3.63, 3.8) is 0 Å². The maximum absolute atomic E-state index is 13.4. The first-order valence-electron chi connectivity index (χ1n) is 13.7. The summed E-state index contributed by atoms with van der Waals surface area (Å²) < 4.78 is 30.3. The number of halogens is 2. The van der Waals surface area contributed by atoms with Crippen LogP contribution >= 0.6 is 35.0 Å². The van der Waals surface area contributed by atoms with Crippen LogP contribution in [0.4, 0.5) is 0 Å². The Morgan fingerprint density at radius 3 is 2.10 bits per heavy atom. The molecule has 4 rings (SSSR count). The van der Waals surface area contributed by atoms with Crippen molar-refractivity contribution in [2.45, 2.75) is 69.2 Å². The minimum atomic E-state index is -3.65. The van der Waals surface area contributed by atoms with Gasteiger partial charge in [0.25, 0.3) is 0 Å². The largest absolute Gasteiger partial charge is 0.269 e. The van der Waals surface area contributed by atoms with Gasteiger partial charge in [0.2, 0.25) is 10.0 Å². The van der Waals surface area contributed by atoms with Gasteiger partial charge in [0.1, 0.15) is 0 Å². The predicted molar refractivity (Wildman–Crippen MR) is 171 cm³/mol. The van der Waals surface area contributed by atoms with Crippen molar-refractivity contribution in [2.75, 3.05) is 13.1 Å². The molecule has 0 amide bonds. The van der Waals surface area contributed by atoms with E-state index in [2.05, 4.69) is 60.7 Å². The van der Waals surface area contributed by atoms with Crippen molar-refractivity contribution in [2.24, 2.45) is 0 Å². The van der Waals surface area contributed by atoms with Crippen molar-refractivity contribution >= 4 is 45.0 Å². The summed E-state index contributed by atoms with van der Waals surface area (Å²) in [7, 11) is -3.65. The van der Waals surface area contributed by atoms with E-state index in [1.54, 1.807) is 24.3 Å². The Bertz CT molecular complexity index is 1600. The summed E-state index contributed by atoms with van der Waals surface area (Å²) in [6.45, 7) is 13.2. The molecule has 0 unspecified atom stereocenters. The highest BCUT2D eigenvalue weighted by molar-refractivity contribution is 7.98. The SMILES string of the molecule is CCN(CC)S(=O)(=O)c1cccc(-c2nnc(SCc3ccc(Cl)cc3Cl)n2-c2c(C(C)C)cccc2C(C)C)c1. The molecular weight excluding hydrogens is 595 g/mol. The molecule has 0 fully saturated rings. The average Bonchev–Trinajstić information content (AvgIpc) is 3.36. The van der Waals surface area contributed by atoms with Crippen LogP contribution in [0.5, 0.6) is 0 Å². The van der Waals surface area contributed by atoms with Crippen LogP contribution in [0.25, 0.3) is 17.1 Å². The molecule has 41 heavy (non-hydrogen) atoms. The van der Waals surface area contributed by atoms with E-state index in [1.807, 2.05) is 32.0 Å². The molecular formula is C31H36Cl2N4O2S2. The molecule has 1 heterocycles. The molecule has 0 aliphatic heterocycles. The van der Waals surface area contributed by atoms with Crippen molar-refractivity contribution in [1.29, 1.82) is 0 Å². The normalized spacial score (nSPS) is 12.2. The topological polar surface area (TPSA) is 68.1 Å². The minimum absolute atomic E-state index is 0.233. The molecule has 0 N–H and O–H groups in total. The maximum atomic E-state index is 13.4. The fraction of sp³-hybridized carbons (Fsp3) is 0.355. The number of hydrogen-bond donors (Lipinski definition) is 0. The fourth-order valence-corrected chi connectivity index (χ4v) is 7.81. The summed E-state index contributed by atoms with van der Waals surface area (Å²) in [6.07, 6.45) is 0. The van der Waals surface area contributed by atoms with Gasteiger partial charge in [-0.05, 0) is 52.8 Å². The van der Waals surface area contributed by atoms with E-state index in [9.17, 15) is 8.42 Å². The van der Waals surface area contributed by atoms with Crippen LogP contribution in [0.1, 0.15) is 70.1 Å². The maximum Gasteiger partial charge on any atom is 0.243 e. The summed E-state index contributed by atoms with van der Waals surface area (Å²) in [5.74, 6) is 1.61. The lowest BCUT2D eigenvalue weighted by Gasteiger charge is -2.23. The number of benzene rings is 3. The Morgan fingerprint density at radius 2 is 1.51 bits per heavy atom. The molecule has 10 heteroatoms. The number of nitrogens with zero attached hydrogens (tertiary/aromatic N) is 4. The number of sulfonamides is 1. The van der Waals surface area contributed by atoms with Crippen LogP contribution < -0.4 is 0 Å². The monoisotopic (exact) mass is 630 g/mol. The highest BCUT2D eigenvalue weighted by atomic mass is 35.5. The molecule has 218 valence electrons. The molecule has 0 saturated heterocycles. The molecule has 1 aromatic heterocycles. The first kappa shape index (κ1) is 31.6. The molecule has 0 aliphatic rings. The Kier molecular flexibility index (Phi) is 10.2. The van der Waals surface area contributed by atoms with Crippen LogP contribution in [0, 0.1) is 0 Å². The second-order valence-electron chi connectivity index (χ2n) is 10.4. The first-order chi connectivity index (χ1) is 19.5. The third kappa shape index (κ3) is 6.67. The van der Waals surface area contributed by atoms with Crippen molar-refractivity contribution in [1.82, 2.24) is 19.1 Å². The zero-order valence-corrected chi connectivity index (χ0v) is 27.4. The zero-order chi connectivity index (χ0) is 29.9. The summed E-state index contributed by atoms with van der Waals surface area (Å²) in [4.78, 5) is 0.233. The third-order valence-corrected chi connectivity index (χ3v) is 10.6. The average molecular weight is 632 g/mol. The van der Waals surface area contributed by atoms with Crippen LogP contribution in [-0.2, 0) is 15.8 Å². The first-order valence-corrected chi connectivity index (χ1v) is 16.9. The van der Waals surface area contributed by atoms with E-state index in [0.717, 1.165) is 22.4 Å². The summed E-state index contributed by atoms with van der Waals surface area (Å²) >= 11 is 14.1. The molecule has 4 aromatic rings. The van der Waals surface area contributed by atoms with Crippen LogP contribution in [-0.4, -0.2) is 40.6 Å². The number of hydrogen-bond acceptors (Lipinski definition) is 5. The highest BCUT2D eigenvalue weighted by Crippen LogP contribution is 2.38. The zero-order valence-electron chi connectivity index (χ0n) is 24.2. The molecule has 0 atom stereocenters. The molecule has 3 aromatic carbocycles. The van der Waals surface area contributed by atoms with E-state index in [-0.39, 0.29) is 16.7 Å². The van der Waals surface area contributed by atoms with Gasteiger partial charge in [-0.15, -0.1) is 10.2 Å². The number of aromatic nitrogens is 3. The summed E-state index contributed by atoms with van der Waals surface area (Å²) in [5.41, 5.74) is 4.96. The Hall–Kier alpha value is -2.36. The Balaban J connectivity index is 1.93. The van der Waals surface area contributed by atoms with E-state index in [0.29, 0.717) is 45.4 Å². The summed E-state index contributed by atoms with van der Waals surface area (Å²) in [6, 6.07) is 18.8. The van der Waals surface area contributed by atoms with Crippen molar-refractivity contribution in [3.8, 4) is 17.1 Å². The summed E-state index contributed by atoms with van der Waals surface area (Å²) in [5, 5.41) is 11.2. The minimum Gasteiger partial charge on any atom is -0.269 e. The Morgan fingerprint density at radius 1 is 0.878 bits per heavy atom. The second kappa shape index (κ2) is 13.3. The van der Waals surface area contributed by atoms with Gasteiger partial charge in [0, 0.05) is 34.5 Å². The van der Waals surface area contributed by atoms with Gasteiger partial charge in [0.15, 0.2) is 11.0 Å². The molecule has 0 bridgehead atoms. The lowest BCUT2D eigenvalue weighted by atomic mass is 9.92. The standard InChI is InChI=1S/C31H36Cl2N4O2S2/c1-7-36(8-2)41(38,39)25-12-9-11-22(17-25)30-34-35-31(40-19-23-15-16-24(32)18-28(23)33)37(30)29-26(20(3)4)13-10-14-27(29)21(5)6/h9-18,20-21H,7-8,19H2,1-6H3. The molecule has 0 saturated carbocycles. The van der Waals surface area contributed by atoms with E-state index in [4.69, 9.17) is 23.2 Å². The number of rotatable bonds is 11. The van der Waals surface area contributed by atoms with Gasteiger partial charge in [-0.3, -0.25) is 4.57 Å². The molecule has 6 nitrogen and oxygen atoms in total. The van der Waals surface area contributed by atoms with Gasteiger partial charge in [-0.1, -0.05) is 113 Å². The molecule has 0 radical (unpaired) electrons. The third-order valence-electron chi connectivity index (χ3n) is 7.01. The molecule has 0 aliphatic carbocycles. The van der Waals surface area contributed by atoms with E-state index >= 15 is 0 Å². The van der Waals surface area contributed by atoms with Crippen LogP contribution in [0.2, 0.25) is 10.0 Å². The number of para-hydroxylation sites is 1. The van der Waals surface area contributed by atoms with Gasteiger partial charge < -0.3 is 0 Å². The molecule has 0 spiro atoms. The fourth-order valence-electron chi connectivity index (χ4n) is 4.81. The van der Waals surface area contributed by atoms with E-state index < -0.39 is 10.0 Å².